The molecule has 2 unspecified atom stereocenters. The Morgan fingerprint density at radius 1 is 0.632 bits per heavy atom. The van der Waals surface area contributed by atoms with Crippen molar-refractivity contribution in [2.45, 2.75) is 52.4 Å². The summed E-state index contributed by atoms with van der Waals surface area (Å²) < 4.78 is 11.3. The lowest BCUT2D eigenvalue weighted by atomic mass is 9.88. The largest absolute Gasteiger partial charge is 0.494 e. The highest BCUT2D eigenvalue weighted by molar-refractivity contribution is 5.98. The fourth-order valence-corrected chi connectivity index (χ4v) is 4.76. The predicted octanol–water partition coefficient (Wildman–Crippen LogP) is 3.41. The zero-order valence-corrected chi connectivity index (χ0v) is 24.5. The number of nitrogens with one attached hydrogen (secondary N) is 2. The number of hydrogen-bond donors (Lipinski definition) is 2. The fraction of sp³-hybridized carbons (Fsp3) is 0.562. The van der Waals surface area contributed by atoms with E-state index in [9.17, 15) is 9.59 Å². The van der Waals surface area contributed by atoms with Gasteiger partial charge in [0, 0.05) is 11.1 Å². The second-order valence-corrected chi connectivity index (χ2v) is 11.0. The Kier molecular flexibility index (Phi) is 14.1. The molecule has 0 fully saturated rings. The minimum absolute atomic E-state index is 0.0355. The van der Waals surface area contributed by atoms with E-state index in [1.807, 2.05) is 48.5 Å². The first-order chi connectivity index (χ1) is 18.2. The summed E-state index contributed by atoms with van der Waals surface area (Å²) in [6.07, 6.45) is 5.43. The van der Waals surface area contributed by atoms with Crippen LogP contribution in [0.1, 0.15) is 73.1 Å². The van der Waals surface area contributed by atoms with Gasteiger partial charge in [0.15, 0.2) is 11.6 Å². The molecule has 6 nitrogen and oxygen atoms in total. The number of unbranched alkanes of at least 4 members (excludes halogenated alkanes) is 1. The van der Waals surface area contributed by atoms with E-state index in [2.05, 4.69) is 42.0 Å². The average Bonchev–Trinajstić information content (AvgIpc) is 2.91. The summed E-state index contributed by atoms with van der Waals surface area (Å²) in [5, 5.41) is 0. The highest BCUT2D eigenvalue weighted by atomic mass is 16.5. The van der Waals surface area contributed by atoms with Crippen molar-refractivity contribution in [2.24, 2.45) is 11.8 Å². The zero-order valence-electron chi connectivity index (χ0n) is 24.5. The van der Waals surface area contributed by atoms with E-state index in [-0.39, 0.29) is 23.4 Å². The minimum atomic E-state index is -0.0355. The fourth-order valence-electron chi connectivity index (χ4n) is 4.76. The first-order valence-corrected chi connectivity index (χ1v) is 14.4. The monoisotopic (exact) mass is 526 g/mol. The third kappa shape index (κ3) is 11.0. The van der Waals surface area contributed by atoms with Crippen molar-refractivity contribution in [1.29, 1.82) is 0 Å². The lowest BCUT2D eigenvalue weighted by Crippen LogP contribution is -3.06. The predicted molar refractivity (Wildman–Crippen MR) is 154 cm³/mol. The van der Waals surface area contributed by atoms with Crippen molar-refractivity contribution in [2.75, 3.05) is 54.5 Å². The first-order valence-electron chi connectivity index (χ1n) is 14.4. The third-order valence-corrected chi connectivity index (χ3v) is 6.63. The van der Waals surface area contributed by atoms with Gasteiger partial charge in [-0.15, -0.1) is 0 Å². The van der Waals surface area contributed by atoms with Crippen LogP contribution in [0.4, 0.5) is 0 Å². The van der Waals surface area contributed by atoms with Crippen LogP contribution >= 0.6 is 0 Å². The molecule has 0 bridgehead atoms. The number of ether oxygens (including phenoxy) is 2. The van der Waals surface area contributed by atoms with Gasteiger partial charge in [-0.05, 0) is 74.2 Å². The lowest BCUT2D eigenvalue weighted by Gasteiger charge is -2.20. The number of benzene rings is 2. The van der Waals surface area contributed by atoms with Gasteiger partial charge in [0.05, 0.1) is 66.3 Å². The molecule has 2 aromatic rings. The molecule has 2 aromatic carbocycles. The molecule has 2 rings (SSSR count). The van der Waals surface area contributed by atoms with Crippen molar-refractivity contribution in [3.63, 3.8) is 0 Å². The number of Topliss-reactive ketones (excluding diaryl/α,β-unsaturated/α-hetero) is 2. The van der Waals surface area contributed by atoms with Crippen LogP contribution in [0.25, 0.3) is 0 Å². The van der Waals surface area contributed by atoms with Gasteiger partial charge in [-0.2, -0.15) is 0 Å². The van der Waals surface area contributed by atoms with Crippen LogP contribution in [0.5, 0.6) is 11.5 Å². The molecule has 0 spiro atoms. The second kappa shape index (κ2) is 17.0. The number of quaternary nitrogens is 2. The van der Waals surface area contributed by atoms with Crippen molar-refractivity contribution >= 4 is 11.6 Å². The van der Waals surface area contributed by atoms with Crippen LogP contribution < -0.4 is 19.3 Å². The molecule has 0 saturated carbocycles. The summed E-state index contributed by atoms with van der Waals surface area (Å²) in [6, 6.07) is 15.1. The molecule has 0 saturated heterocycles. The molecule has 0 aliphatic carbocycles. The van der Waals surface area contributed by atoms with Crippen LogP contribution in [0.15, 0.2) is 48.5 Å². The summed E-state index contributed by atoms with van der Waals surface area (Å²) in [4.78, 5) is 29.2. The Hall–Kier alpha value is -2.70. The van der Waals surface area contributed by atoms with Crippen LogP contribution in [-0.2, 0) is 0 Å². The maximum Gasteiger partial charge on any atom is 0.171 e. The van der Waals surface area contributed by atoms with E-state index < -0.39 is 0 Å². The highest BCUT2D eigenvalue weighted by Crippen LogP contribution is 2.22. The zero-order chi connectivity index (χ0) is 27.9. The lowest BCUT2D eigenvalue weighted by molar-refractivity contribution is -0.861. The molecule has 2 N–H and O–H groups in total. The van der Waals surface area contributed by atoms with Gasteiger partial charge in [0.25, 0.3) is 0 Å². The van der Waals surface area contributed by atoms with Crippen LogP contribution in [0, 0.1) is 11.8 Å². The van der Waals surface area contributed by atoms with Crippen LogP contribution in [0.2, 0.25) is 0 Å². The van der Waals surface area contributed by atoms with Crippen molar-refractivity contribution in [3.8, 4) is 11.5 Å². The number of ketones is 2. The molecular formula is C32H50N2O4+2. The smallest absolute Gasteiger partial charge is 0.171 e. The molecule has 0 amide bonds. The van der Waals surface area contributed by atoms with Crippen molar-refractivity contribution < 1.29 is 28.9 Å². The van der Waals surface area contributed by atoms with Gasteiger partial charge in [0.2, 0.25) is 0 Å². The quantitative estimate of drug-likeness (QED) is 0.218. The molecule has 0 heterocycles. The number of hydrogen-bond acceptors (Lipinski definition) is 4. The summed E-state index contributed by atoms with van der Waals surface area (Å²) in [5.41, 5.74) is 1.49. The summed E-state index contributed by atoms with van der Waals surface area (Å²) in [5.74, 6) is 1.94. The van der Waals surface area contributed by atoms with E-state index in [1.165, 1.54) is 9.80 Å². The molecule has 2 atom stereocenters. The molecule has 38 heavy (non-hydrogen) atoms. The van der Waals surface area contributed by atoms with Gasteiger partial charge < -0.3 is 19.3 Å². The molecule has 6 heteroatoms. The topological polar surface area (TPSA) is 61.5 Å². The van der Waals surface area contributed by atoms with E-state index in [4.69, 9.17) is 9.47 Å². The Morgan fingerprint density at radius 3 is 1.26 bits per heavy atom. The Bertz CT molecular complexity index is 875. The average molecular weight is 527 g/mol. The molecular weight excluding hydrogens is 476 g/mol. The maximum absolute atomic E-state index is 13.3. The summed E-state index contributed by atoms with van der Waals surface area (Å²) in [6.45, 7) is 7.10. The van der Waals surface area contributed by atoms with Gasteiger partial charge in [0.1, 0.15) is 11.5 Å². The van der Waals surface area contributed by atoms with Gasteiger partial charge in [-0.3, -0.25) is 9.59 Å². The summed E-state index contributed by atoms with van der Waals surface area (Å²) in [7, 11) is 8.37. The van der Waals surface area contributed by atoms with Crippen LogP contribution in [-0.4, -0.2) is 66.1 Å². The minimum Gasteiger partial charge on any atom is -0.494 e. The Morgan fingerprint density at radius 2 is 0.974 bits per heavy atom. The van der Waals surface area contributed by atoms with E-state index in [1.54, 1.807) is 0 Å². The molecule has 0 radical (unpaired) electrons. The maximum atomic E-state index is 13.3. The molecule has 0 aliphatic heterocycles. The van der Waals surface area contributed by atoms with E-state index in [0.29, 0.717) is 13.2 Å². The normalized spacial score (nSPS) is 12.9. The van der Waals surface area contributed by atoms with Crippen molar-refractivity contribution in [3.05, 3.63) is 59.7 Å². The number of carbonyl (C=O) groups is 2. The molecule has 0 aromatic heterocycles. The van der Waals surface area contributed by atoms with E-state index >= 15 is 0 Å². The van der Waals surface area contributed by atoms with E-state index in [0.717, 1.165) is 74.2 Å². The second-order valence-electron chi connectivity index (χ2n) is 11.0. The molecule has 0 aliphatic rings. The standard InChI is InChI=1S/C32H48N2O4/c1-7-21-37-29-17-13-25(14-18-29)31(35)27(23-33(3)4)11-9-10-12-28(24-34(5)6)32(36)26-15-19-30(20-16-26)38-22-8-2/h13-20,27-28H,7-12,21-24H2,1-6H3/p+2. The molecule has 210 valence electrons. The van der Waals surface area contributed by atoms with Crippen molar-refractivity contribution in [1.82, 2.24) is 0 Å². The Labute approximate surface area is 230 Å². The van der Waals surface area contributed by atoms with Gasteiger partial charge >= 0.3 is 0 Å². The number of carbonyl (C=O) groups excluding carboxylic acids is 2. The summed E-state index contributed by atoms with van der Waals surface area (Å²) >= 11 is 0. The Balaban J connectivity index is 1.97. The highest BCUT2D eigenvalue weighted by Gasteiger charge is 2.25. The first kappa shape index (κ1) is 31.5. The van der Waals surface area contributed by atoms with Crippen LogP contribution in [0.3, 0.4) is 0 Å². The number of rotatable bonds is 19. The SMILES string of the molecule is CCCOc1ccc(C(=O)C(CCCCC(C[NH+](C)C)C(=O)c2ccc(OCCC)cc2)C[NH+](C)C)cc1. The van der Waals surface area contributed by atoms with Gasteiger partial charge in [-0.25, -0.2) is 0 Å². The third-order valence-electron chi connectivity index (χ3n) is 6.63. The van der Waals surface area contributed by atoms with Gasteiger partial charge in [-0.1, -0.05) is 26.7 Å².